The van der Waals surface area contributed by atoms with Gasteiger partial charge in [0, 0.05) is 28.4 Å². The topological polar surface area (TPSA) is 64.4 Å². The number of halogens is 2. The summed E-state index contributed by atoms with van der Waals surface area (Å²) in [7, 11) is 0. The van der Waals surface area contributed by atoms with Gasteiger partial charge in [0.15, 0.2) is 4.87 Å². The molecule has 0 aliphatic carbocycles. The van der Waals surface area contributed by atoms with Crippen LogP contribution in [0.4, 0.5) is 10.1 Å². The van der Waals surface area contributed by atoms with Crippen LogP contribution in [0.25, 0.3) is 0 Å². The summed E-state index contributed by atoms with van der Waals surface area (Å²) in [6.07, 6.45) is 0. The van der Waals surface area contributed by atoms with Crippen molar-refractivity contribution in [2.45, 2.75) is 11.4 Å². The summed E-state index contributed by atoms with van der Waals surface area (Å²) in [6.45, 7) is 0.625. The SMILES string of the molecule is N#Cc1cccc(CN2C(=O)[C@]3(SCCN3C(=O)c3ccc(F)cc3)c3cc(Cl)ccc32)c1. The number of rotatable bonds is 3. The van der Waals surface area contributed by atoms with Crippen molar-refractivity contribution in [3.63, 3.8) is 0 Å². The van der Waals surface area contributed by atoms with Crippen LogP contribution < -0.4 is 4.90 Å². The third-order valence-electron chi connectivity index (χ3n) is 5.89. The second-order valence-electron chi connectivity index (χ2n) is 7.82. The van der Waals surface area contributed by atoms with E-state index < -0.39 is 10.7 Å². The molecular formula is C25H17ClFN3O2S. The maximum Gasteiger partial charge on any atom is 0.268 e. The van der Waals surface area contributed by atoms with E-state index in [-0.39, 0.29) is 18.4 Å². The van der Waals surface area contributed by atoms with E-state index in [9.17, 15) is 19.2 Å². The Hall–Kier alpha value is -3.34. The van der Waals surface area contributed by atoms with Gasteiger partial charge in [-0.3, -0.25) is 9.59 Å². The zero-order valence-corrected chi connectivity index (χ0v) is 18.9. The van der Waals surface area contributed by atoms with Crippen LogP contribution in [0.3, 0.4) is 0 Å². The fourth-order valence-electron chi connectivity index (χ4n) is 4.41. The van der Waals surface area contributed by atoms with Gasteiger partial charge in [-0.15, -0.1) is 11.8 Å². The Kier molecular flexibility index (Phi) is 5.35. The summed E-state index contributed by atoms with van der Waals surface area (Å²) >= 11 is 7.72. The molecule has 5 rings (SSSR count). The van der Waals surface area contributed by atoms with Crippen LogP contribution >= 0.6 is 23.4 Å². The molecule has 0 N–H and O–H groups in total. The number of anilines is 1. The molecule has 5 nitrogen and oxygen atoms in total. The van der Waals surface area contributed by atoms with Gasteiger partial charge < -0.3 is 9.80 Å². The van der Waals surface area contributed by atoms with Crippen LogP contribution in [0.2, 0.25) is 5.02 Å². The van der Waals surface area contributed by atoms with Crippen LogP contribution in [0.5, 0.6) is 0 Å². The number of benzene rings is 3. The predicted octanol–water partition coefficient (Wildman–Crippen LogP) is 4.94. The lowest BCUT2D eigenvalue weighted by atomic mass is 10.0. The monoisotopic (exact) mass is 477 g/mol. The number of fused-ring (bicyclic) bond motifs is 2. The third kappa shape index (κ3) is 3.47. The molecule has 0 unspecified atom stereocenters. The minimum Gasteiger partial charge on any atom is -0.311 e. The molecule has 0 bridgehead atoms. The summed E-state index contributed by atoms with van der Waals surface area (Å²) in [5, 5.41) is 9.70. The number of amides is 2. The molecule has 8 heteroatoms. The molecule has 0 aromatic heterocycles. The smallest absolute Gasteiger partial charge is 0.268 e. The molecule has 1 spiro atoms. The Bertz CT molecular complexity index is 1320. The van der Waals surface area contributed by atoms with Crippen LogP contribution in [0.15, 0.2) is 66.7 Å². The van der Waals surface area contributed by atoms with E-state index in [1.165, 1.54) is 36.0 Å². The lowest BCUT2D eigenvalue weighted by Gasteiger charge is -2.33. The maximum atomic E-state index is 14.0. The number of nitriles is 1. The normalized spacial score (nSPS) is 19.1. The highest BCUT2D eigenvalue weighted by molar-refractivity contribution is 8.01. The van der Waals surface area contributed by atoms with Gasteiger partial charge >= 0.3 is 0 Å². The summed E-state index contributed by atoms with van der Waals surface area (Å²) < 4.78 is 13.4. The first-order valence-electron chi connectivity index (χ1n) is 10.3. The lowest BCUT2D eigenvalue weighted by molar-refractivity contribution is -0.123. The Morgan fingerprint density at radius 3 is 2.70 bits per heavy atom. The second kappa shape index (κ2) is 8.22. The van der Waals surface area contributed by atoms with Crippen molar-refractivity contribution in [3.05, 3.63) is 99.8 Å². The zero-order chi connectivity index (χ0) is 23.2. The Morgan fingerprint density at radius 2 is 1.94 bits per heavy atom. The minimum atomic E-state index is -1.25. The Labute approximate surface area is 199 Å². The van der Waals surface area contributed by atoms with Crippen molar-refractivity contribution in [2.75, 3.05) is 17.2 Å². The third-order valence-corrected chi connectivity index (χ3v) is 7.54. The molecule has 2 heterocycles. The van der Waals surface area contributed by atoms with Crippen molar-refractivity contribution >= 4 is 40.9 Å². The fraction of sp³-hybridized carbons (Fsp3) is 0.160. The van der Waals surface area contributed by atoms with Crippen molar-refractivity contribution in [1.82, 2.24) is 4.90 Å². The molecular weight excluding hydrogens is 461 g/mol. The van der Waals surface area contributed by atoms with Gasteiger partial charge in [0.25, 0.3) is 11.8 Å². The quantitative estimate of drug-likeness (QED) is 0.536. The number of hydrogen-bond donors (Lipinski definition) is 0. The van der Waals surface area contributed by atoms with Gasteiger partial charge in [0.1, 0.15) is 5.82 Å². The highest BCUT2D eigenvalue weighted by atomic mass is 35.5. The summed E-state index contributed by atoms with van der Waals surface area (Å²) in [5.41, 5.74) is 2.97. The van der Waals surface area contributed by atoms with Crippen LogP contribution in [-0.2, 0) is 16.2 Å². The van der Waals surface area contributed by atoms with Gasteiger partial charge in [0.2, 0.25) is 0 Å². The number of nitrogens with zero attached hydrogens (tertiary/aromatic N) is 3. The number of carbonyl (C=O) groups is 2. The van der Waals surface area contributed by atoms with Gasteiger partial charge in [-0.05, 0) is 60.2 Å². The van der Waals surface area contributed by atoms with Crippen molar-refractivity contribution in [3.8, 4) is 6.07 Å². The maximum absolute atomic E-state index is 14.0. The summed E-state index contributed by atoms with van der Waals surface area (Å²) in [5.74, 6) is -0.438. The van der Waals surface area contributed by atoms with E-state index in [0.717, 1.165) is 5.56 Å². The van der Waals surface area contributed by atoms with E-state index in [1.807, 2.05) is 6.07 Å². The standard InChI is InChI=1S/C25H17ClFN3O2S/c26-19-6-9-22-21(13-19)25(24(32)29(22)15-17-3-1-2-16(12-17)14-28)30(10-11-33-25)23(31)18-4-7-20(27)8-5-18/h1-9,12-13H,10-11,15H2/t25-/m1/s1. The van der Waals surface area contributed by atoms with Gasteiger partial charge in [-0.2, -0.15) is 5.26 Å². The molecule has 3 aromatic carbocycles. The first kappa shape index (κ1) is 21.5. The van der Waals surface area contributed by atoms with E-state index in [2.05, 4.69) is 6.07 Å². The van der Waals surface area contributed by atoms with Gasteiger partial charge in [-0.1, -0.05) is 23.7 Å². The van der Waals surface area contributed by atoms with Crippen LogP contribution in [0.1, 0.15) is 27.0 Å². The first-order chi connectivity index (χ1) is 15.9. The molecule has 2 aliphatic heterocycles. The highest BCUT2D eigenvalue weighted by Crippen LogP contribution is 2.55. The van der Waals surface area contributed by atoms with Crippen molar-refractivity contribution < 1.29 is 14.0 Å². The Morgan fingerprint density at radius 1 is 1.15 bits per heavy atom. The van der Waals surface area contributed by atoms with Crippen molar-refractivity contribution in [1.29, 1.82) is 5.26 Å². The molecule has 1 saturated heterocycles. The number of hydrogen-bond acceptors (Lipinski definition) is 4. The zero-order valence-electron chi connectivity index (χ0n) is 17.3. The fourth-order valence-corrected chi connectivity index (χ4v) is 6.04. The van der Waals surface area contributed by atoms with E-state index >= 15 is 0 Å². The molecule has 1 fully saturated rings. The van der Waals surface area contributed by atoms with Crippen LogP contribution in [0, 0.1) is 17.1 Å². The molecule has 164 valence electrons. The van der Waals surface area contributed by atoms with Gasteiger partial charge in [-0.25, -0.2) is 4.39 Å². The average molecular weight is 478 g/mol. The Balaban J connectivity index is 1.59. The van der Waals surface area contributed by atoms with E-state index in [4.69, 9.17) is 11.6 Å². The molecule has 2 aliphatic rings. The summed E-state index contributed by atoms with van der Waals surface area (Å²) in [6, 6.07) is 19.8. The highest BCUT2D eigenvalue weighted by Gasteiger charge is 2.59. The number of thioether (sulfide) groups is 1. The van der Waals surface area contributed by atoms with Crippen LogP contribution in [-0.4, -0.2) is 29.0 Å². The summed E-state index contributed by atoms with van der Waals surface area (Å²) in [4.78, 5) is 29.4. The molecule has 33 heavy (non-hydrogen) atoms. The van der Waals surface area contributed by atoms with E-state index in [0.29, 0.717) is 39.7 Å². The average Bonchev–Trinajstić information content (AvgIpc) is 3.36. The minimum absolute atomic E-state index is 0.236. The molecule has 3 aromatic rings. The largest absolute Gasteiger partial charge is 0.311 e. The molecule has 0 saturated carbocycles. The second-order valence-corrected chi connectivity index (χ2v) is 9.55. The predicted molar refractivity (Wildman–Crippen MR) is 125 cm³/mol. The first-order valence-corrected chi connectivity index (χ1v) is 11.6. The molecule has 2 amide bonds. The lowest BCUT2D eigenvalue weighted by Crippen LogP contribution is -2.50. The number of carbonyl (C=O) groups excluding carboxylic acids is 2. The van der Waals surface area contributed by atoms with Crippen molar-refractivity contribution in [2.24, 2.45) is 0 Å². The van der Waals surface area contributed by atoms with E-state index in [1.54, 1.807) is 46.2 Å². The van der Waals surface area contributed by atoms with Gasteiger partial charge in [0.05, 0.1) is 23.9 Å². The molecule has 0 radical (unpaired) electrons. The molecule has 1 atom stereocenters.